The number of methoxy groups -OCH3 is 1. The summed E-state index contributed by atoms with van der Waals surface area (Å²) in [5.74, 6) is 0.336. The van der Waals surface area contributed by atoms with E-state index in [-0.39, 0.29) is 24.9 Å². The molecule has 2 aromatic rings. The largest absolute Gasteiger partial charge is 0.495 e. The maximum Gasteiger partial charge on any atom is 0.279 e. The highest BCUT2D eigenvalue weighted by molar-refractivity contribution is 5.94. The molecular weight excluding hydrogens is 330 g/mol. The van der Waals surface area contributed by atoms with Crippen molar-refractivity contribution in [2.45, 2.75) is 13.8 Å². The maximum atomic E-state index is 12.3. The van der Waals surface area contributed by atoms with Crippen LogP contribution in [0.3, 0.4) is 0 Å². The molecule has 2 aromatic carbocycles. The Bertz CT molecular complexity index is 761. The molecule has 1 unspecified atom stereocenters. The lowest BCUT2D eigenvalue weighted by atomic mass is 10.2. The summed E-state index contributed by atoms with van der Waals surface area (Å²) >= 11 is 0. The minimum Gasteiger partial charge on any atom is -0.495 e. The molecule has 0 saturated heterocycles. The van der Waals surface area contributed by atoms with E-state index in [1.165, 1.54) is 0 Å². The minimum atomic E-state index is -0.158. The number of anilines is 2. The highest BCUT2D eigenvalue weighted by atomic mass is 16.5. The average molecular weight is 356 g/mol. The van der Waals surface area contributed by atoms with Crippen molar-refractivity contribution >= 4 is 23.2 Å². The monoisotopic (exact) mass is 356 g/mol. The van der Waals surface area contributed by atoms with Gasteiger partial charge < -0.3 is 20.3 Å². The molecule has 0 aliphatic carbocycles. The molecule has 0 heterocycles. The van der Waals surface area contributed by atoms with Crippen LogP contribution >= 0.6 is 0 Å². The minimum absolute atomic E-state index is 0.113. The van der Waals surface area contributed by atoms with Crippen LogP contribution in [-0.4, -0.2) is 38.6 Å². The van der Waals surface area contributed by atoms with E-state index in [0.717, 1.165) is 16.2 Å². The van der Waals surface area contributed by atoms with E-state index in [1.54, 1.807) is 19.2 Å². The Hall–Kier alpha value is -2.86. The van der Waals surface area contributed by atoms with Crippen molar-refractivity contribution in [2.75, 3.05) is 37.4 Å². The van der Waals surface area contributed by atoms with Gasteiger partial charge in [0.05, 0.1) is 19.3 Å². The second-order valence-corrected chi connectivity index (χ2v) is 6.12. The topological polar surface area (TPSA) is 71.9 Å². The highest BCUT2D eigenvalue weighted by Gasteiger charge is 2.17. The third kappa shape index (κ3) is 5.89. The molecule has 0 aliphatic heterocycles. The molecule has 0 aromatic heterocycles. The number of nitrogens with one attached hydrogen (secondary N) is 3. The second-order valence-electron chi connectivity index (χ2n) is 6.12. The Morgan fingerprint density at radius 1 is 1.00 bits per heavy atom. The zero-order valence-corrected chi connectivity index (χ0v) is 15.5. The lowest BCUT2D eigenvalue weighted by Crippen LogP contribution is -3.13. The van der Waals surface area contributed by atoms with Gasteiger partial charge in [0.2, 0.25) is 0 Å². The molecule has 0 fully saturated rings. The van der Waals surface area contributed by atoms with Gasteiger partial charge >= 0.3 is 0 Å². The number of benzene rings is 2. The standard InChI is InChI=1S/C20H25N3O3/c1-4-23(13-19(24)21-16-9-7-8-15(2)12-16)14-20(25)22-17-10-5-6-11-18(17)26-3/h5-12H,4,13-14H2,1-3H3,(H,21,24)(H,22,25)/p+1. The summed E-state index contributed by atoms with van der Waals surface area (Å²) in [5, 5.41) is 5.72. The van der Waals surface area contributed by atoms with Crippen LogP contribution in [-0.2, 0) is 9.59 Å². The fourth-order valence-corrected chi connectivity index (χ4v) is 2.64. The van der Waals surface area contributed by atoms with Crippen LogP contribution < -0.4 is 20.3 Å². The smallest absolute Gasteiger partial charge is 0.279 e. The summed E-state index contributed by atoms with van der Waals surface area (Å²) in [4.78, 5) is 25.4. The molecule has 0 spiro atoms. The van der Waals surface area contributed by atoms with Crippen LogP contribution in [0, 0.1) is 6.92 Å². The molecule has 2 rings (SSSR count). The molecule has 2 amide bonds. The van der Waals surface area contributed by atoms with Gasteiger partial charge in [-0.15, -0.1) is 0 Å². The summed E-state index contributed by atoms with van der Waals surface area (Å²) in [7, 11) is 1.56. The molecule has 0 bridgehead atoms. The number of hydrogen-bond acceptors (Lipinski definition) is 3. The summed E-state index contributed by atoms with van der Waals surface area (Å²) in [6, 6.07) is 14.9. The van der Waals surface area contributed by atoms with Gasteiger partial charge in [0, 0.05) is 5.69 Å². The Morgan fingerprint density at radius 3 is 2.35 bits per heavy atom. The molecule has 138 valence electrons. The van der Waals surface area contributed by atoms with Gasteiger partial charge in [-0.3, -0.25) is 9.59 Å². The number of carbonyl (C=O) groups is 2. The third-order valence-electron chi connectivity index (χ3n) is 4.00. The van der Waals surface area contributed by atoms with E-state index >= 15 is 0 Å². The molecule has 0 radical (unpaired) electrons. The third-order valence-corrected chi connectivity index (χ3v) is 4.00. The number of likely N-dealkylation sites (N-methyl/N-ethyl adjacent to an activating group) is 1. The van der Waals surface area contributed by atoms with Crippen molar-refractivity contribution in [1.82, 2.24) is 0 Å². The Balaban J connectivity index is 1.89. The van der Waals surface area contributed by atoms with Gasteiger partial charge in [-0.1, -0.05) is 24.3 Å². The van der Waals surface area contributed by atoms with Crippen molar-refractivity contribution in [3.63, 3.8) is 0 Å². The number of carbonyl (C=O) groups excluding carboxylic acids is 2. The number of amides is 2. The van der Waals surface area contributed by atoms with Crippen LogP contribution in [0.2, 0.25) is 0 Å². The normalized spacial score (nSPS) is 11.5. The molecule has 6 nitrogen and oxygen atoms in total. The molecule has 3 N–H and O–H groups in total. The van der Waals surface area contributed by atoms with Crippen LogP contribution in [0.15, 0.2) is 48.5 Å². The van der Waals surface area contributed by atoms with Crippen molar-refractivity contribution in [3.8, 4) is 5.75 Å². The summed E-state index contributed by atoms with van der Waals surface area (Å²) in [6.45, 7) is 5.02. The van der Waals surface area contributed by atoms with Crippen molar-refractivity contribution < 1.29 is 19.2 Å². The summed E-state index contributed by atoms with van der Waals surface area (Å²) in [5.41, 5.74) is 2.47. The number of ether oxygens (including phenoxy) is 1. The first-order chi connectivity index (χ1) is 12.5. The number of hydrogen-bond donors (Lipinski definition) is 3. The molecule has 0 aliphatic rings. The average Bonchev–Trinajstić information content (AvgIpc) is 2.61. The molecule has 26 heavy (non-hydrogen) atoms. The van der Waals surface area contributed by atoms with E-state index in [1.807, 2.05) is 50.2 Å². The van der Waals surface area contributed by atoms with Crippen molar-refractivity contribution in [3.05, 3.63) is 54.1 Å². The van der Waals surface area contributed by atoms with Crippen molar-refractivity contribution in [2.24, 2.45) is 0 Å². The highest BCUT2D eigenvalue weighted by Crippen LogP contribution is 2.22. The van der Waals surface area contributed by atoms with E-state index in [2.05, 4.69) is 10.6 Å². The van der Waals surface area contributed by atoms with Gasteiger partial charge in [0.15, 0.2) is 13.1 Å². The number of quaternary nitrogens is 1. The van der Waals surface area contributed by atoms with Crippen LogP contribution in [0.5, 0.6) is 5.75 Å². The van der Waals surface area contributed by atoms with Crippen LogP contribution in [0.4, 0.5) is 11.4 Å². The van der Waals surface area contributed by atoms with E-state index in [0.29, 0.717) is 18.0 Å². The molecule has 6 heteroatoms. The first-order valence-electron chi connectivity index (χ1n) is 8.64. The Kier molecular flexibility index (Phi) is 7.17. The van der Waals surface area contributed by atoms with Gasteiger partial charge in [-0.25, -0.2) is 0 Å². The maximum absolute atomic E-state index is 12.3. The lowest BCUT2D eigenvalue weighted by Gasteiger charge is -2.17. The zero-order valence-electron chi connectivity index (χ0n) is 15.5. The summed E-state index contributed by atoms with van der Waals surface area (Å²) < 4.78 is 5.23. The van der Waals surface area contributed by atoms with Gasteiger partial charge in [-0.2, -0.15) is 0 Å². The predicted molar refractivity (Wildman–Crippen MR) is 103 cm³/mol. The molecule has 0 saturated carbocycles. The number of aryl methyl sites for hydroxylation is 1. The molecule has 1 atom stereocenters. The Morgan fingerprint density at radius 2 is 1.69 bits per heavy atom. The Labute approximate surface area is 154 Å². The fourth-order valence-electron chi connectivity index (χ4n) is 2.64. The quantitative estimate of drug-likeness (QED) is 0.671. The van der Waals surface area contributed by atoms with Gasteiger partial charge in [-0.05, 0) is 43.7 Å². The van der Waals surface area contributed by atoms with Crippen LogP contribution in [0.1, 0.15) is 12.5 Å². The molecular formula is C20H26N3O3+. The SMILES string of the molecule is CC[NH+](CC(=O)Nc1cccc(C)c1)CC(=O)Nc1ccccc1OC. The predicted octanol–water partition coefficient (Wildman–Crippen LogP) is 1.49. The first kappa shape index (κ1) is 19.5. The first-order valence-corrected chi connectivity index (χ1v) is 8.64. The van der Waals surface area contributed by atoms with E-state index in [4.69, 9.17) is 4.74 Å². The lowest BCUT2D eigenvalue weighted by molar-refractivity contribution is -0.881. The fraction of sp³-hybridized carbons (Fsp3) is 0.300. The van der Waals surface area contributed by atoms with Gasteiger partial charge in [0.25, 0.3) is 11.8 Å². The summed E-state index contributed by atoms with van der Waals surface area (Å²) in [6.07, 6.45) is 0. The number of rotatable bonds is 8. The van der Waals surface area contributed by atoms with E-state index in [9.17, 15) is 9.59 Å². The van der Waals surface area contributed by atoms with Gasteiger partial charge in [0.1, 0.15) is 5.75 Å². The van der Waals surface area contributed by atoms with E-state index < -0.39 is 0 Å². The number of para-hydroxylation sites is 2. The van der Waals surface area contributed by atoms with Crippen molar-refractivity contribution in [1.29, 1.82) is 0 Å². The second kappa shape index (κ2) is 9.58. The zero-order chi connectivity index (χ0) is 18.9. The van der Waals surface area contributed by atoms with Crippen LogP contribution in [0.25, 0.3) is 0 Å².